The molecule has 0 spiro atoms. The molecule has 2 atom stereocenters. The van der Waals surface area contributed by atoms with Crippen molar-refractivity contribution >= 4 is 11.5 Å². The summed E-state index contributed by atoms with van der Waals surface area (Å²) < 4.78 is 5.39. The van der Waals surface area contributed by atoms with E-state index in [0.29, 0.717) is 13.2 Å². The van der Waals surface area contributed by atoms with E-state index in [4.69, 9.17) is 9.84 Å². The minimum Gasteiger partial charge on any atom is -0.394 e. The molecule has 20 heavy (non-hydrogen) atoms. The number of carbonyl (C=O) groups is 1. The number of rotatable bonds is 5. The van der Waals surface area contributed by atoms with Crippen LogP contribution < -0.4 is 0 Å². The Bertz CT molecular complexity index is 501. The topological polar surface area (TPSA) is 109 Å². The molecule has 1 fully saturated rings. The molecule has 2 rings (SSSR count). The van der Waals surface area contributed by atoms with Gasteiger partial charge in [0.15, 0.2) is 5.78 Å². The lowest BCUT2D eigenvalue weighted by atomic mass is 10.1. The second-order valence-corrected chi connectivity index (χ2v) is 4.87. The van der Waals surface area contributed by atoms with Gasteiger partial charge < -0.3 is 14.8 Å². The molecule has 1 aliphatic rings. The fraction of sp³-hybridized carbons (Fsp3) is 0.583. The first-order valence-electron chi connectivity index (χ1n) is 6.33. The lowest BCUT2D eigenvalue weighted by molar-refractivity contribution is -0.384. The SMILES string of the molecule is CC1COC(CO)CN1CC(=O)c1cc([N+](=O)[O-])c[nH]1. The number of carbonyl (C=O) groups excluding carboxylic acids is 1. The van der Waals surface area contributed by atoms with Gasteiger partial charge in [-0.05, 0) is 6.92 Å². The predicted octanol–water partition coefficient (Wildman–Crippen LogP) is 0.187. The molecule has 1 aromatic heterocycles. The highest BCUT2D eigenvalue weighted by Crippen LogP contribution is 2.15. The van der Waals surface area contributed by atoms with E-state index in [9.17, 15) is 14.9 Å². The van der Waals surface area contributed by atoms with Gasteiger partial charge in [0, 0.05) is 18.7 Å². The minimum absolute atomic E-state index is 0.0618. The number of ether oxygens (including phenoxy) is 1. The van der Waals surface area contributed by atoms with Crippen LogP contribution in [0.4, 0.5) is 5.69 Å². The van der Waals surface area contributed by atoms with Crippen molar-refractivity contribution in [2.45, 2.75) is 19.1 Å². The fourth-order valence-electron chi connectivity index (χ4n) is 2.12. The normalized spacial score (nSPS) is 23.7. The Labute approximate surface area is 115 Å². The van der Waals surface area contributed by atoms with Crippen molar-refractivity contribution in [3.63, 3.8) is 0 Å². The van der Waals surface area contributed by atoms with Gasteiger partial charge in [-0.2, -0.15) is 0 Å². The number of Topliss-reactive ketones (excluding diaryl/α,β-unsaturated/α-hetero) is 1. The monoisotopic (exact) mass is 283 g/mol. The first kappa shape index (κ1) is 14.6. The Balaban J connectivity index is 2.00. The summed E-state index contributed by atoms with van der Waals surface area (Å²) in [6.45, 7) is 2.89. The number of aliphatic hydroxyl groups excluding tert-OH is 1. The molecule has 1 aliphatic heterocycles. The number of aromatic nitrogens is 1. The van der Waals surface area contributed by atoms with Crippen molar-refractivity contribution < 1.29 is 19.6 Å². The second-order valence-electron chi connectivity index (χ2n) is 4.87. The molecule has 110 valence electrons. The first-order valence-corrected chi connectivity index (χ1v) is 6.33. The second kappa shape index (κ2) is 6.12. The quantitative estimate of drug-likeness (QED) is 0.453. The summed E-state index contributed by atoms with van der Waals surface area (Å²) in [6.07, 6.45) is 0.906. The van der Waals surface area contributed by atoms with Gasteiger partial charge in [0.1, 0.15) is 0 Å². The van der Waals surface area contributed by atoms with E-state index < -0.39 is 4.92 Å². The number of aliphatic hydroxyl groups is 1. The molecule has 0 aromatic carbocycles. The van der Waals surface area contributed by atoms with E-state index in [2.05, 4.69) is 4.98 Å². The predicted molar refractivity (Wildman–Crippen MR) is 69.6 cm³/mol. The van der Waals surface area contributed by atoms with Gasteiger partial charge >= 0.3 is 0 Å². The average Bonchev–Trinajstić information content (AvgIpc) is 2.91. The molecule has 1 aromatic rings. The lowest BCUT2D eigenvalue weighted by Gasteiger charge is -2.36. The minimum atomic E-state index is -0.549. The molecule has 0 amide bonds. The number of hydrogen-bond acceptors (Lipinski definition) is 6. The van der Waals surface area contributed by atoms with Crippen molar-refractivity contribution in [3.05, 3.63) is 28.1 Å². The largest absolute Gasteiger partial charge is 0.394 e. The smallest absolute Gasteiger partial charge is 0.287 e. The standard InChI is InChI=1S/C12H17N3O5/c1-8-7-20-10(6-16)4-14(8)5-12(17)11-2-9(3-13-11)15(18)19/h2-3,8,10,13,16H,4-7H2,1H3. The van der Waals surface area contributed by atoms with Crippen LogP contribution in [-0.4, -0.2) is 64.1 Å². The molecule has 8 nitrogen and oxygen atoms in total. The third kappa shape index (κ3) is 3.21. The van der Waals surface area contributed by atoms with Gasteiger partial charge in [-0.1, -0.05) is 0 Å². The highest BCUT2D eigenvalue weighted by molar-refractivity contribution is 5.96. The zero-order valence-corrected chi connectivity index (χ0v) is 11.1. The van der Waals surface area contributed by atoms with Crippen molar-refractivity contribution in [3.8, 4) is 0 Å². The van der Waals surface area contributed by atoms with E-state index in [0.717, 1.165) is 0 Å². The zero-order chi connectivity index (χ0) is 14.7. The molecule has 2 heterocycles. The van der Waals surface area contributed by atoms with Crippen LogP contribution in [0, 0.1) is 10.1 Å². The molecule has 0 bridgehead atoms. The van der Waals surface area contributed by atoms with Crippen molar-refractivity contribution in [1.82, 2.24) is 9.88 Å². The van der Waals surface area contributed by atoms with Crippen molar-refractivity contribution in [2.24, 2.45) is 0 Å². The van der Waals surface area contributed by atoms with E-state index in [1.165, 1.54) is 12.3 Å². The van der Waals surface area contributed by atoms with Crippen molar-refractivity contribution in [2.75, 3.05) is 26.3 Å². The molecule has 8 heteroatoms. The maximum atomic E-state index is 12.1. The Hall–Kier alpha value is -1.77. The summed E-state index contributed by atoms with van der Waals surface area (Å²) in [5, 5.41) is 19.7. The number of morpholine rings is 1. The molecular weight excluding hydrogens is 266 g/mol. The van der Waals surface area contributed by atoms with E-state index in [1.54, 1.807) is 0 Å². The van der Waals surface area contributed by atoms with Crippen LogP contribution in [0.3, 0.4) is 0 Å². The summed E-state index contributed by atoms with van der Waals surface area (Å²) in [4.78, 5) is 26.6. The van der Waals surface area contributed by atoms with Crippen molar-refractivity contribution in [1.29, 1.82) is 0 Å². The molecule has 0 radical (unpaired) electrons. The zero-order valence-electron chi connectivity index (χ0n) is 11.1. The molecule has 1 saturated heterocycles. The Morgan fingerprint density at radius 3 is 3.05 bits per heavy atom. The van der Waals surface area contributed by atoms with Gasteiger partial charge in [0.25, 0.3) is 5.69 Å². The number of nitrogens with one attached hydrogen (secondary N) is 1. The Morgan fingerprint density at radius 1 is 1.70 bits per heavy atom. The first-order chi connectivity index (χ1) is 9.51. The van der Waals surface area contributed by atoms with E-state index >= 15 is 0 Å². The van der Waals surface area contributed by atoms with Gasteiger partial charge in [0.2, 0.25) is 0 Å². The number of aromatic amines is 1. The Morgan fingerprint density at radius 2 is 2.45 bits per heavy atom. The number of hydrogen-bond donors (Lipinski definition) is 2. The number of H-pyrrole nitrogens is 1. The summed E-state index contributed by atoms with van der Waals surface area (Å²) in [5.74, 6) is -0.219. The van der Waals surface area contributed by atoms with Crippen LogP contribution in [0.25, 0.3) is 0 Å². The van der Waals surface area contributed by atoms with Gasteiger partial charge in [-0.3, -0.25) is 19.8 Å². The summed E-state index contributed by atoms with van der Waals surface area (Å²) in [7, 11) is 0. The van der Waals surface area contributed by atoms with Crippen LogP contribution in [0.5, 0.6) is 0 Å². The molecule has 2 unspecified atom stereocenters. The number of ketones is 1. The maximum Gasteiger partial charge on any atom is 0.287 e. The van der Waals surface area contributed by atoms with Gasteiger partial charge in [-0.15, -0.1) is 0 Å². The highest BCUT2D eigenvalue weighted by atomic mass is 16.6. The van der Waals surface area contributed by atoms with Crippen LogP contribution in [-0.2, 0) is 4.74 Å². The fourth-order valence-corrected chi connectivity index (χ4v) is 2.12. The molecule has 2 N–H and O–H groups in total. The Kier molecular flexibility index (Phi) is 4.48. The van der Waals surface area contributed by atoms with Crippen LogP contribution in [0.2, 0.25) is 0 Å². The maximum absolute atomic E-state index is 12.1. The summed E-state index contributed by atoms with van der Waals surface area (Å²) in [6, 6.07) is 1.29. The molecule has 0 saturated carbocycles. The highest BCUT2D eigenvalue weighted by Gasteiger charge is 2.28. The molecule has 0 aliphatic carbocycles. The third-order valence-electron chi connectivity index (χ3n) is 3.36. The summed E-state index contributed by atoms with van der Waals surface area (Å²) in [5.41, 5.74) is 0.0903. The average molecular weight is 283 g/mol. The third-order valence-corrected chi connectivity index (χ3v) is 3.36. The lowest BCUT2D eigenvalue weighted by Crippen LogP contribution is -2.51. The van der Waals surface area contributed by atoms with Gasteiger partial charge in [-0.25, -0.2) is 0 Å². The van der Waals surface area contributed by atoms with E-state index in [-0.39, 0.29) is 42.5 Å². The van der Waals surface area contributed by atoms with E-state index in [1.807, 2.05) is 11.8 Å². The summed E-state index contributed by atoms with van der Waals surface area (Å²) >= 11 is 0. The number of nitro groups is 1. The number of nitrogens with zero attached hydrogens (tertiary/aromatic N) is 2. The van der Waals surface area contributed by atoms with Crippen LogP contribution in [0.1, 0.15) is 17.4 Å². The van der Waals surface area contributed by atoms with Gasteiger partial charge in [0.05, 0.1) is 42.7 Å². The molecular formula is C12H17N3O5. The van der Waals surface area contributed by atoms with Crippen LogP contribution in [0.15, 0.2) is 12.3 Å². The van der Waals surface area contributed by atoms with Crippen LogP contribution >= 0.6 is 0 Å².